The smallest absolute Gasteiger partial charge is 0.251 e. The number of nitrogens with zero attached hydrogens (tertiary/aromatic N) is 1. The number of thiophene rings is 1. The molecule has 0 saturated carbocycles. The van der Waals surface area contributed by atoms with E-state index in [1.165, 1.54) is 21.8 Å². The highest BCUT2D eigenvalue weighted by Crippen LogP contribution is 2.39. The maximum atomic E-state index is 13.0. The minimum absolute atomic E-state index is 0.124. The molecule has 2 aliphatic rings. The summed E-state index contributed by atoms with van der Waals surface area (Å²) in [6, 6.07) is 3.66. The molecular weight excluding hydrogens is 402 g/mol. The van der Waals surface area contributed by atoms with Crippen LogP contribution in [-0.4, -0.2) is 43.5 Å². The first-order valence-corrected chi connectivity index (χ1v) is 11.0. The maximum absolute atomic E-state index is 13.0. The number of primary amides is 1. The number of carbonyl (C=O) groups is 2. The molecule has 1 atom stereocenters. The Morgan fingerprint density at radius 1 is 1.13 bits per heavy atom. The molecule has 30 heavy (non-hydrogen) atoms. The number of anilines is 1. The Hall–Kier alpha value is -2.58. The van der Waals surface area contributed by atoms with Crippen LogP contribution in [0, 0.1) is 0 Å². The van der Waals surface area contributed by atoms with Crippen molar-refractivity contribution >= 4 is 28.2 Å². The number of rotatable bonds is 6. The highest BCUT2D eigenvalue weighted by Gasteiger charge is 2.30. The molecule has 1 aromatic carbocycles. The van der Waals surface area contributed by atoms with Crippen molar-refractivity contribution in [3.8, 4) is 11.5 Å². The maximum Gasteiger partial charge on any atom is 0.251 e. The lowest BCUT2D eigenvalue weighted by molar-refractivity contribution is -0.121. The SMILES string of the molecule is COc1cc2c(cc1OC)CN(C(C)C(=O)Nc1sc3c(c1C(N)=O)CCC3)CC2. The van der Waals surface area contributed by atoms with Gasteiger partial charge < -0.3 is 20.5 Å². The second-order valence-electron chi connectivity index (χ2n) is 7.79. The van der Waals surface area contributed by atoms with Gasteiger partial charge in [-0.2, -0.15) is 0 Å². The molecule has 1 aromatic heterocycles. The predicted octanol–water partition coefficient (Wildman–Crippen LogP) is 2.74. The van der Waals surface area contributed by atoms with E-state index in [1.807, 2.05) is 19.1 Å². The molecule has 2 heterocycles. The van der Waals surface area contributed by atoms with Gasteiger partial charge in [0, 0.05) is 18.0 Å². The Morgan fingerprint density at radius 3 is 2.50 bits per heavy atom. The quantitative estimate of drug-likeness (QED) is 0.736. The van der Waals surface area contributed by atoms with Crippen LogP contribution in [0.2, 0.25) is 0 Å². The van der Waals surface area contributed by atoms with Crippen molar-refractivity contribution in [2.45, 2.75) is 45.2 Å². The Balaban J connectivity index is 1.50. The minimum Gasteiger partial charge on any atom is -0.493 e. The zero-order chi connectivity index (χ0) is 21.4. The second-order valence-corrected chi connectivity index (χ2v) is 8.89. The average Bonchev–Trinajstić information content (AvgIpc) is 3.32. The summed E-state index contributed by atoms with van der Waals surface area (Å²) in [5.41, 5.74) is 9.47. The summed E-state index contributed by atoms with van der Waals surface area (Å²) >= 11 is 1.49. The molecule has 0 radical (unpaired) electrons. The van der Waals surface area contributed by atoms with Crippen molar-refractivity contribution < 1.29 is 19.1 Å². The van der Waals surface area contributed by atoms with E-state index in [2.05, 4.69) is 10.2 Å². The summed E-state index contributed by atoms with van der Waals surface area (Å²) < 4.78 is 10.8. The van der Waals surface area contributed by atoms with Crippen molar-refractivity contribution in [3.63, 3.8) is 0 Å². The van der Waals surface area contributed by atoms with Crippen LogP contribution in [0.5, 0.6) is 11.5 Å². The lowest BCUT2D eigenvalue weighted by Gasteiger charge is -2.33. The molecule has 1 aliphatic carbocycles. The van der Waals surface area contributed by atoms with Gasteiger partial charge in [-0.05, 0) is 61.4 Å². The summed E-state index contributed by atoms with van der Waals surface area (Å²) in [5.74, 6) is 0.821. The third-order valence-electron chi connectivity index (χ3n) is 6.08. The van der Waals surface area contributed by atoms with Crippen molar-refractivity contribution in [2.75, 3.05) is 26.1 Å². The number of ether oxygens (including phenoxy) is 2. The van der Waals surface area contributed by atoms with Gasteiger partial charge in [-0.3, -0.25) is 14.5 Å². The van der Waals surface area contributed by atoms with Gasteiger partial charge in [0.25, 0.3) is 5.91 Å². The summed E-state index contributed by atoms with van der Waals surface area (Å²) in [5, 5.41) is 3.57. The third kappa shape index (κ3) is 3.65. The molecule has 2 amide bonds. The number of benzene rings is 1. The fourth-order valence-electron chi connectivity index (χ4n) is 4.37. The monoisotopic (exact) mass is 429 g/mol. The Kier molecular flexibility index (Phi) is 5.71. The fraction of sp³-hybridized carbons (Fsp3) is 0.455. The molecule has 8 heteroatoms. The summed E-state index contributed by atoms with van der Waals surface area (Å²) in [6.45, 7) is 3.31. The van der Waals surface area contributed by atoms with Gasteiger partial charge in [-0.1, -0.05) is 0 Å². The van der Waals surface area contributed by atoms with Crippen LogP contribution < -0.4 is 20.5 Å². The Labute approximate surface area is 180 Å². The van der Waals surface area contributed by atoms with Gasteiger partial charge in [0.2, 0.25) is 5.91 Å². The number of nitrogens with two attached hydrogens (primary N) is 1. The zero-order valence-electron chi connectivity index (χ0n) is 17.5. The topological polar surface area (TPSA) is 93.9 Å². The van der Waals surface area contributed by atoms with Crippen LogP contribution in [0.25, 0.3) is 0 Å². The largest absolute Gasteiger partial charge is 0.493 e. The van der Waals surface area contributed by atoms with Crippen molar-refractivity contribution in [3.05, 3.63) is 39.3 Å². The van der Waals surface area contributed by atoms with Crippen molar-refractivity contribution in [2.24, 2.45) is 5.73 Å². The molecule has 160 valence electrons. The van der Waals surface area contributed by atoms with E-state index in [1.54, 1.807) is 14.2 Å². The van der Waals surface area contributed by atoms with Gasteiger partial charge in [-0.25, -0.2) is 0 Å². The van der Waals surface area contributed by atoms with Crippen LogP contribution in [0.3, 0.4) is 0 Å². The first kappa shape index (κ1) is 20.7. The Morgan fingerprint density at radius 2 is 1.83 bits per heavy atom. The molecule has 0 fully saturated rings. The molecule has 0 saturated heterocycles. The number of aryl methyl sites for hydroxylation is 1. The molecule has 0 bridgehead atoms. The van der Waals surface area contributed by atoms with E-state index in [0.717, 1.165) is 49.1 Å². The van der Waals surface area contributed by atoms with E-state index in [4.69, 9.17) is 15.2 Å². The van der Waals surface area contributed by atoms with Crippen LogP contribution in [-0.2, 0) is 30.6 Å². The van der Waals surface area contributed by atoms with Gasteiger partial charge in [0.15, 0.2) is 11.5 Å². The molecule has 4 rings (SSSR count). The summed E-state index contributed by atoms with van der Waals surface area (Å²) in [7, 11) is 3.25. The van der Waals surface area contributed by atoms with Gasteiger partial charge >= 0.3 is 0 Å². The number of methoxy groups -OCH3 is 2. The molecule has 2 aromatic rings. The van der Waals surface area contributed by atoms with Crippen LogP contribution in [0.4, 0.5) is 5.00 Å². The molecular formula is C22H27N3O4S. The van der Waals surface area contributed by atoms with E-state index in [0.29, 0.717) is 22.9 Å². The minimum atomic E-state index is -0.467. The van der Waals surface area contributed by atoms with Gasteiger partial charge in [-0.15, -0.1) is 11.3 Å². The van der Waals surface area contributed by atoms with E-state index >= 15 is 0 Å². The normalized spacial score (nSPS) is 16.5. The zero-order valence-corrected chi connectivity index (χ0v) is 18.4. The first-order valence-electron chi connectivity index (χ1n) is 10.2. The standard InChI is InChI=1S/C22H27N3O4S/c1-12(21(27)24-22-19(20(23)26)15-5-4-6-18(15)30-22)25-8-7-13-9-16(28-2)17(29-3)10-14(13)11-25/h9-10,12H,4-8,11H2,1-3H3,(H2,23,26)(H,24,27). The van der Waals surface area contributed by atoms with Crippen molar-refractivity contribution in [1.82, 2.24) is 4.90 Å². The molecule has 7 nitrogen and oxygen atoms in total. The second kappa shape index (κ2) is 8.28. The lowest BCUT2D eigenvalue weighted by atomic mass is 9.97. The number of hydrogen-bond acceptors (Lipinski definition) is 6. The number of fused-ring (bicyclic) bond motifs is 2. The molecule has 0 spiro atoms. The summed E-state index contributed by atoms with van der Waals surface area (Å²) in [4.78, 5) is 28.3. The molecule has 1 unspecified atom stereocenters. The highest BCUT2D eigenvalue weighted by molar-refractivity contribution is 7.17. The van der Waals surface area contributed by atoms with Crippen molar-refractivity contribution in [1.29, 1.82) is 0 Å². The first-order chi connectivity index (χ1) is 14.4. The number of nitrogens with one attached hydrogen (secondary N) is 1. The number of hydrogen-bond donors (Lipinski definition) is 2. The van der Waals surface area contributed by atoms with Gasteiger partial charge in [0.1, 0.15) is 5.00 Å². The van der Waals surface area contributed by atoms with E-state index in [-0.39, 0.29) is 11.9 Å². The Bertz CT molecular complexity index is 1000. The molecule has 3 N–H and O–H groups in total. The van der Waals surface area contributed by atoms with E-state index in [9.17, 15) is 9.59 Å². The lowest BCUT2D eigenvalue weighted by Crippen LogP contribution is -2.44. The van der Waals surface area contributed by atoms with E-state index < -0.39 is 5.91 Å². The number of amides is 2. The third-order valence-corrected chi connectivity index (χ3v) is 7.29. The number of carbonyl (C=O) groups excluding carboxylic acids is 2. The van der Waals surface area contributed by atoms with Crippen LogP contribution in [0.1, 0.15) is 45.3 Å². The average molecular weight is 430 g/mol. The highest BCUT2D eigenvalue weighted by atomic mass is 32.1. The fourth-order valence-corrected chi connectivity index (χ4v) is 5.67. The van der Waals surface area contributed by atoms with Crippen LogP contribution in [0.15, 0.2) is 12.1 Å². The predicted molar refractivity (Wildman–Crippen MR) is 117 cm³/mol. The summed E-state index contributed by atoms with van der Waals surface area (Å²) in [6.07, 6.45) is 3.66. The molecule has 1 aliphatic heterocycles. The van der Waals surface area contributed by atoms with Gasteiger partial charge in [0.05, 0.1) is 25.8 Å². The van der Waals surface area contributed by atoms with Crippen LogP contribution >= 0.6 is 11.3 Å².